The summed E-state index contributed by atoms with van der Waals surface area (Å²) in [4.78, 5) is 18.6. The lowest BCUT2D eigenvalue weighted by atomic mass is 9.97. The number of nitrogens with one attached hydrogen (secondary N) is 1. The third-order valence-corrected chi connectivity index (χ3v) is 4.17. The predicted octanol–water partition coefficient (Wildman–Crippen LogP) is 2.10. The molecule has 0 aliphatic carbocycles. The molecule has 7 nitrogen and oxygen atoms in total. The van der Waals surface area contributed by atoms with E-state index in [0.29, 0.717) is 12.5 Å². The first-order valence-corrected chi connectivity index (χ1v) is 8.19. The normalized spacial score (nSPS) is 16.6. The molecule has 23 heavy (non-hydrogen) atoms. The van der Waals surface area contributed by atoms with Gasteiger partial charge in [0.2, 0.25) is 5.91 Å². The number of amides is 1. The SMILES string of the molecule is CCCn1nccc1NC(=O)CN1CCC(c2ncco2)CC1. The van der Waals surface area contributed by atoms with E-state index in [0.717, 1.165) is 50.6 Å². The number of aromatic nitrogens is 3. The summed E-state index contributed by atoms with van der Waals surface area (Å²) in [5.41, 5.74) is 0. The Labute approximate surface area is 135 Å². The maximum Gasteiger partial charge on any atom is 0.239 e. The molecule has 0 saturated carbocycles. The number of carbonyl (C=O) groups excluding carboxylic acids is 1. The summed E-state index contributed by atoms with van der Waals surface area (Å²) in [6, 6.07) is 1.84. The summed E-state index contributed by atoms with van der Waals surface area (Å²) in [7, 11) is 0. The van der Waals surface area contributed by atoms with Crippen LogP contribution in [0.15, 0.2) is 29.1 Å². The molecule has 1 aliphatic rings. The van der Waals surface area contributed by atoms with Gasteiger partial charge < -0.3 is 9.73 Å². The largest absolute Gasteiger partial charge is 0.449 e. The van der Waals surface area contributed by atoms with Gasteiger partial charge in [-0.05, 0) is 32.4 Å². The molecule has 1 fully saturated rings. The van der Waals surface area contributed by atoms with Gasteiger partial charge in [0.25, 0.3) is 0 Å². The first-order valence-electron chi connectivity index (χ1n) is 8.19. The Hall–Kier alpha value is -2.15. The highest BCUT2D eigenvalue weighted by Crippen LogP contribution is 2.26. The highest BCUT2D eigenvalue weighted by atomic mass is 16.3. The Balaban J connectivity index is 1.46. The summed E-state index contributed by atoms with van der Waals surface area (Å²) in [6.07, 6.45) is 7.96. The molecular formula is C16H23N5O2. The highest BCUT2D eigenvalue weighted by Gasteiger charge is 2.24. The third-order valence-electron chi connectivity index (χ3n) is 4.17. The minimum atomic E-state index is 0.0115. The van der Waals surface area contributed by atoms with E-state index in [9.17, 15) is 4.79 Å². The van der Waals surface area contributed by atoms with Gasteiger partial charge in [-0.25, -0.2) is 9.67 Å². The second-order valence-corrected chi connectivity index (χ2v) is 5.91. The second kappa shape index (κ2) is 7.41. The molecule has 1 amide bonds. The number of oxazole rings is 1. The smallest absolute Gasteiger partial charge is 0.239 e. The fourth-order valence-electron chi connectivity index (χ4n) is 2.99. The molecule has 0 spiro atoms. The van der Waals surface area contributed by atoms with Gasteiger partial charge in [-0.3, -0.25) is 9.69 Å². The molecule has 124 valence electrons. The van der Waals surface area contributed by atoms with Gasteiger partial charge in [-0.2, -0.15) is 5.10 Å². The van der Waals surface area contributed by atoms with Crippen LogP contribution in [0.5, 0.6) is 0 Å². The van der Waals surface area contributed by atoms with E-state index < -0.39 is 0 Å². The molecule has 0 atom stereocenters. The number of rotatable bonds is 6. The van der Waals surface area contributed by atoms with Gasteiger partial charge in [0.1, 0.15) is 12.1 Å². The van der Waals surface area contributed by atoms with Crippen LogP contribution in [-0.2, 0) is 11.3 Å². The van der Waals surface area contributed by atoms with Crippen molar-refractivity contribution in [2.75, 3.05) is 25.0 Å². The number of hydrogen-bond acceptors (Lipinski definition) is 5. The zero-order chi connectivity index (χ0) is 16.1. The molecule has 3 heterocycles. The Morgan fingerprint density at radius 3 is 2.91 bits per heavy atom. The molecular weight excluding hydrogens is 294 g/mol. The van der Waals surface area contributed by atoms with Crippen molar-refractivity contribution in [2.24, 2.45) is 0 Å². The summed E-state index contributed by atoms with van der Waals surface area (Å²) in [6.45, 7) is 5.08. The van der Waals surface area contributed by atoms with Gasteiger partial charge >= 0.3 is 0 Å². The number of aryl methyl sites for hydroxylation is 1. The minimum Gasteiger partial charge on any atom is -0.449 e. The lowest BCUT2D eigenvalue weighted by Gasteiger charge is -2.29. The van der Waals surface area contributed by atoms with E-state index in [2.05, 4.69) is 27.2 Å². The molecule has 1 aliphatic heterocycles. The van der Waals surface area contributed by atoms with Gasteiger partial charge in [0, 0.05) is 18.5 Å². The van der Waals surface area contributed by atoms with Gasteiger partial charge in [-0.1, -0.05) is 6.92 Å². The van der Waals surface area contributed by atoms with E-state index in [1.54, 1.807) is 18.7 Å². The van der Waals surface area contributed by atoms with Crippen LogP contribution in [0.2, 0.25) is 0 Å². The Bertz CT molecular complexity index is 614. The van der Waals surface area contributed by atoms with E-state index in [-0.39, 0.29) is 5.91 Å². The monoisotopic (exact) mass is 317 g/mol. The molecule has 2 aromatic rings. The second-order valence-electron chi connectivity index (χ2n) is 5.91. The van der Waals surface area contributed by atoms with E-state index in [4.69, 9.17) is 4.42 Å². The van der Waals surface area contributed by atoms with Crippen LogP contribution < -0.4 is 5.32 Å². The van der Waals surface area contributed by atoms with Crippen molar-refractivity contribution in [3.63, 3.8) is 0 Å². The summed E-state index contributed by atoms with van der Waals surface area (Å²) in [5.74, 6) is 1.97. The zero-order valence-electron chi connectivity index (χ0n) is 13.4. The fourth-order valence-corrected chi connectivity index (χ4v) is 2.99. The summed E-state index contributed by atoms with van der Waals surface area (Å²) < 4.78 is 7.20. The minimum absolute atomic E-state index is 0.0115. The lowest BCUT2D eigenvalue weighted by Crippen LogP contribution is -2.39. The molecule has 3 rings (SSSR count). The van der Waals surface area contributed by atoms with E-state index >= 15 is 0 Å². The van der Waals surface area contributed by atoms with E-state index in [1.165, 1.54) is 0 Å². The molecule has 1 saturated heterocycles. The van der Waals surface area contributed by atoms with Gasteiger partial charge in [0.15, 0.2) is 5.89 Å². The quantitative estimate of drug-likeness (QED) is 0.883. The maximum atomic E-state index is 12.2. The van der Waals surface area contributed by atoms with Crippen molar-refractivity contribution in [3.05, 3.63) is 30.6 Å². The Morgan fingerprint density at radius 1 is 1.39 bits per heavy atom. The number of hydrogen-bond donors (Lipinski definition) is 1. The van der Waals surface area contributed by atoms with Crippen LogP contribution in [0.25, 0.3) is 0 Å². The van der Waals surface area contributed by atoms with Crippen molar-refractivity contribution < 1.29 is 9.21 Å². The molecule has 0 unspecified atom stereocenters. The van der Waals surface area contributed by atoms with Crippen LogP contribution >= 0.6 is 0 Å². The zero-order valence-corrected chi connectivity index (χ0v) is 13.4. The molecule has 0 aromatic carbocycles. The van der Waals surface area contributed by atoms with Crippen LogP contribution in [0, 0.1) is 0 Å². The standard InChI is InChI=1S/C16H23N5O2/c1-2-8-21-14(3-6-18-21)19-15(22)12-20-9-4-13(5-10-20)16-17-7-11-23-16/h3,6-7,11,13H,2,4-5,8-10,12H2,1H3,(H,19,22). The average molecular weight is 317 g/mol. The Morgan fingerprint density at radius 2 is 2.22 bits per heavy atom. The highest BCUT2D eigenvalue weighted by molar-refractivity contribution is 5.91. The lowest BCUT2D eigenvalue weighted by molar-refractivity contribution is -0.117. The van der Waals surface area contributed by atoms with Crippen molar-refractivity contribution in [1.82, 2.24) is 19.7 Å². The van der Waals surface area contributed by atoms with Crippen LogP contribution in [-0.4, -0.2) is 45.2 Å². The Kier molecular flexibility index (Phi) is 5.07. The molecule has 0 radical (unpaired) electrons. The number of carbonyl (C=O) groups is 1. The van der Waals surface area contributed by atoms with Crippen molar-refractivity contribution in [1.29, 1.82) is 0 Å². The van der Waals surface area contributed by atoms with Gasteiger partial charge in [0.05, 0.1) is 18.9 Å². The van der Waals surface area contributed by atoms with E-state index in [1.807, 2.05) is 10.7 Å². The third kappa shape index (κ3) is 3.98. The van der Waals surface area contributed by atoms with Crippen molar-refractivity contribution >= 4 is 11.7 Å². The molecule has 2 aromatic heterocycles. The molecule has 0 bridgehead atoms. The number of likely N-dealkylation sites (tertiary alicyclic amines) is 1. The number of piperidine rings is 1. The fraction of sp³-hybridized carbons (Fsp3) is 0.562. The average Bonchev–Trinajstić information content (AvgIpc) is 3.21. The van der Waals surface area contributed by atoms with Gasteiger partial charge in [-0.15, -0.1) is 0 Å². The first-order chi connectivity index (χ1) is 11.3. The van der Waals surface area contributed by atoms with Crippen LogP contribution in [0.3, 0.4) is 0 Å². The van der Waals surface area contributed by atoms with Crippen molar-refractivity contribution in [3.8, 4) is 0 Å². The van der Waals surface area contributed by atoms with Crippen LogP contribution in [0.1, 0.15) is 38.0 Å². The van der Waals surface area contributed by atoms with Crippen LogP contribution in [0.4, 0.5) is 5.82 Å². The maximum absolute atomic E-state index is 12.2. The predicted molar refractivity (Wildman–Crippen MR) is 86.1 cm³/mol. The first kappa shape index (κ1) is 15.7. The molecule has 7 heteroatoms. The number of nitrogens with zero attached hydrogens (tertiary/aromatic N) is 4. The number of anilines is 1. The topological polar surface area (TPSA) is 76.2 Å². The summed E-state index contributed by atoms with van der Waals surface area (Å²) in [5, 5.41) is 7.17. The summed E-state index contributed by atoms with van der Waals surface area (Å²) >= 11 is 0. The molecule has 1 N–H and O–H groups in total. The van der Waals surface area contributed by atoms with Crippen molar-refractivity contribution in [2.45, 2.75) is 38.6 Å².